The average molecular weight is 348 g/mol. The van der Waals surface area contributed by atoms with Crippen molar-refractivity contribution in [1.29, 1.82) is 0 Å². The Balaban J connectivity index is 1.61. The van der Waals surface area contributed by atoms with Gasteiger partial charge < -0.3 is 14.8 Å². The van der Waals surface area contributed by atoms with E-state index in [1.54, 1.807) is 7.11 Å². The molecule has 1 saturated heterocycles. The largest absolute Gasteiger partial charge is 0.495 e. The fraction of sp³-hybridized carbons (Fsp3) is 0.364. The highest BCUT2D eigenvalue weighted by atomic mass is 16.5. The van der Waals surface area contributed by atoms with Crippen LogP contribution < -0.4 is 4.74 Å². The molecule has 2 N–H and O–H groups in total. The lowest BCUT2D eigenvalue weighted by Crippen LogP contribution is -2.53. The summed E-state index contributed by atoms with van der Waals surface area (Å²) < 4.78 is 5.57. The monoisotopic (exact) mass is 348 g/mol. The molecule has 3 aromatic rings. The summed E-state index contributed by atoms with van der Waals surface area (Å²) in [6.45, 7) is 0.874. The Kier molecular flexibility index (Phi) is 3.76. The minimum absolute atomic E-state index is 0.173. The number of piperidine rings is 1. The van der Waals surface area contributed by atoms with Crippen molar-refractivity contribution in [2.45, 2.75) is 44.0 Å². The summed E-state index contributed by atoms with van der Waals surface area (Å²) in [6, 6.07) is 17.3. The Morgan fingerprint density at radius 2 is 1.96 bits per heavy atom. The fourth-order valence-corrected chi connectivity index (χ4v) is 4.87. The average Bonchev–Trinajstić information content (AvgIpc) is 3.04. The number of benzene rings is 2. The second kappa shape index (κ2) is 6.15. The number of hydrogen-bond acceptors (Lipinski definition) is 3. The standard InChI is InChI=1S/C22H24N2O2/c1-26-20-9-5-8-15-16-12-18-19(25)11-10-17(21(16)23-22(15)20)24(18)13-14-6-3-2-4-7-14/h2-9,17-19,23,25H,10-13H2,1H3/t17-,18-,19-/m1/s1. The highest BCUT2D eigenvalue weighted by Crippen LogP contribution is 2.45. The molecule has 2 bridgehead atoms. The Labute approximate surface area is 153 Å². The number of rotatable bonds is 3. The molecule has 0 radical (unpaired) electrons. The molecule has 2 aliphatic heterocycles. The van der Waals surface area contributed by atoms with E-state index in [4.69, 9.17) is 4.74 Å². The second-order valence-corrected chi connectivity index (χ2v) is 7.49. The minimum atomic E-state index is -0.265. The smallest absolute Gasteiger partial charge is 0.142 e. The molecule has 1 fully saturated rings. The van der Waals surface area contributed by atoms with Crippen LogP contribution >= 0.6 is 0 Å². The van der Waals surface area contributed by atoms with Gasteiger partial charge in [0.05, 0.1) is 24.8 Å². The lowest BCUT2D eigenvalue weighted by Gasteiger charge is -2.48. The molecule has 4 heteroatoms. The number of aromatic amines is 1. The van der Waals surface area contributed by atoms with Gasteiger partial charge in [-0.2, -0.15) is 0 Å². The van der Waals surface area contributed by atoms with Crippen LogP contribution in [0.2, 0.25) is 0 Å². The van der Waals surface area contributed by atoms with E-state index in [1.165, 1.54) is 22.2 Å². The zero-order valence-electron chi connectivity index (χ0n) is 15.0. The van der Waals surface area contributed by atoms with Crippen molar-refractivity contribution in [3.8, 4) is 5.75 Å². The lowest BCUT2D eigenvalue weighted by atomic mass is 9.80. The third-order valence-corrected chi connectivity index (χ3v) is 6.12. The van der Waals surface area contributed by atoms with Gasteiger partial charge in [-0.15, -0.1) is 0 Å². The number of para-hydroxylation sites is 1. The number of methoxy groups -OCH3 is 1. The summed E-state index contributed by atoms with van der Waals surface area (Å²) in [7, 11) is 1.72. The summed E-state index contributed by atoms with van der Waals surface area (Å²) >= 11 is 0. The first-order valence-corrected chi connectivity index (χ1v) is 9.41. The summed E-state index contributed by atoms with van der Waals surface area (Å²) in [5, 5.41) is 12.0. The van der Waals surface area contributed by atoms with Gasteiger partial charge in [-0.1, -0.05) is 42.5 Å². The number of aliphatic hydroxyl groups is 1. The number of hydrogen-bond donors (Lipinski definition) is 2. The van der Waals surface area contributed by atoms with Crippen LogP contribution in [0, 0.1) is 0 Å². The molecule has 2 aliphatic rings. The Morgan fingerprint density at radius 1 is 1.12 bits per heavy atom. The van der Waals surface area contributed by atoms with Crippen LogP contribution in [0.15, 0.2) is 48.5 Å². The number of H-pyrrole nitrogens is 1. The van der Waals surface area contributed by atoms with E-state index >= 15 is 0 Å². The van der Waals surface area contributed by atoms with E-state index in [2.05, 4.69) is 52.3 Å². The van der Waals surface area contributed by atoms with Crippen LogP contribution in [0.4, 0.5) is 0 Å². The van der Waals surface area contributed by atoms with Crippen LogP contribution in [0.1, 0.15) is 35.7 Å². The van der Waals surface area contributed by atoms with Crippen molar-refractivity contribution in [2.24, 2.45) is 0 Å². The predicted molar refractivity (Wildman–Crippen MR) is 102 cm³/mol. The molecular weight excluding hydrogens is 324 g/mol. The zero-order valence-corrected chi connectivity index (χ0v) is 15.0. The van der Waals surface area contributed by atoms with E-state index < -0.39 is 0 Å². The lowest BCUT2D eigenvalue weighted by molar-refractivity contribution is -0.0368. The number of aliphatic hydroxyl groups excluding tert-OH is 1. The molecule has 3 heterocycles. The van der Waals surface area contributed by atoms with E-state index in [1.807, 2.05) is 6.07 Å². The first-order valence-electron chi connectivity index (χ1n) is 9.41. The number of ether oxygens (including phenoxy) is 1. The summed E-state index contributed by atoms with van der Waals surface area (Å²) in [6.07, 6.45) is 2.46. The number of nitrogens with zero attached hydrogens (tertiary/aromatic N) is 1. The molecule has 5 rings (SSSR count). The van der Waals surface area contributed by atoms with Gasteiger partial charge in [-0.05, 0) is 36.5 Å². The van der Waals surface area contributed by atoms with Gasteiger partial charge in [-0.25, -0.2) is 0 Å². The zero-order chi connectivity index (χ0) is 17.7. The molecule has 2 aromatic carbocycles. The van der Waals surface area contributed by atoms with Gasteiger partial charge in [-0.3, -0.25) is 4.90 Å². The fourth-order valence-electron chi connectivity index (χ4n) is 4.87. The van der Waals surface area contributed by atoms with E-state index in [9.17, 15) is 5.11 Å². The van der Waals surface area contributed by atoms with Crippen molar-refractivity contribution >= 4 is 10.9 Å². The SMILES string of the molecule is COc1cccc2c3c([nH]c12)[C@H]1CC[C@@H](O)[C@@H](C3)N1Cc1ccccc1. The van der Waals surface area contributed by atoms with E-state index in [-0.39, 0.29) is 12.1 Å². The van der Waals surface area contributed by atoms with Gasteiger partial charge in [0.2, 0.25) is 0 Å². The van der Waals surface area contributed by atoms with Crippen LogP contribution in [-0.4, -0.2) is 34.2 Å². The van der Waals surface area contributed by atoms with Crippen molar-refractivity contribution in [2.75, 3.05) is 7.11 Å². The summed E-state index contributed by atoms with van der Waals surface area (Å²) in [5.41, 5.74) is 5.05. The van der Waals surface area contributed by atoms with E-state index in [0.717, 1.165) is 37.1 Å². The molecule has 3 atom stereocenters. The quantitative estimate of drug-likeness (QED) is 0.757. The van der Waals surface area contributed by atoms with Crippen LogP contribution in [0.25, 0.3) is 10.9 Å². The van der Waals surface area contributed by atoms with Crippen molar-refractivity contribution in [3.63, 3.8) is 0 Å². The van der Waals surface area contributed by atoms with Gasteiger partial charge >= 0.3 is 0 Å². The number of nitrogens with one attached hydrogen (secondary N) is 1. The highest BCUT2D eigenvalue weighted by Gasteiger charge is 2.43. The maximum Gasteiger partial charge on any atom is 0.142 e. The molecule has 134 valence electrons. The Morgan fingerprint density at radius 3 is 2.77 bits per heavy atom. The highest BCUT2D eigenvalue weighted by molar-refractivity contribution is 5.90. The maximum atomic E-state index is 10.7. The molecule has 0 aliphatic carbocycles. The molecule has 0 spiro atoms. The predicted octanol–water partition coefficient (Wildman–Crippen LogP) is 3.80. The number of aromatic nitrogens is 1. The molecule has 4 nitrogen and oxygen atoms in total. The van der Waals surface area contributed by atoms with Gasteiger partial charge in [0, 0.05) is 23.7 Å². The van der Waals surface area contributed by atoms with Crippen molar-refractivity contribution in [1.82, 2.24) is 9.88 Å². The third kappa shape index (κ3) is 2.37. The molecule has 0 amide bonds. The van der Waals surface area contributed by atoms with Crippen molar-refractivity contribution in [3.05, 3.63) is 65.4 Å². The summed E-state index contributed by atoms with van der Waals surface area (Å²) in [5.74, 6) is 0.890. The molecule has 0 unspecified atom stereocenters. The first-order chi connectivity index (χ1) is 12.8. The minimum Gasteiger partial charge on any atom is -0.495 e. The molecule has 0 saturated carbocycles. The normalized spacial score (nSPS) is 25.2. The Bertz CT molecular complexity index is 934. The van der Waals surface area contributed by atoms with Gasteiger partial charge in [0.25, 0.3) is 0 Å². The second-order valence-electron chi connectivity index (χ2n) is 7.49. The van der Waals surface area contributed by atoms with E-state index in [0.29, 0.717) is 6.04 Å². The maximum absolute atomic E-state index is 10.7. The Hall–Kier alpha value is -2.30. The van der Waals surface area contributed by atoms with Crippen LogP contribution in [-0.2, 0) is 13.0 Å². The molecule has 26 heavy (non-hydrogen) atoms. The molecule has 1 aromatic heterocycles. The van der Waals surface area contributed by atoms with Gasteiger partial charge in [0.15, 0.2) is 0 Å². The van der Waals surface area contributed by atoms with Crippen molar-refractivity contribution < 1.29 is 9.84 Å². The summed E-state index contributed by atoms with van der Waals surface area (Å²) in [4.78, 5) is 6.17. The van der Waals surface area contributed by atoms with Crippen LogP contribution in [0.3, 0.4) is 0 Å². The topological polar surface area (TPSA) is 48.5 Å². The van der Waals surface area contributed by atoms with Crippen LogP contribution in [0.5, 0.6) is 5.75 Å². The number of fused-ring (bicyclic) bond motifs is 6. The molecular formula is C22H24N2O2. The first kappa shape index (κ1) is 15.9. The van der Waals surface area contributed by atoms with Gasteiger partial charge in [0.1, 0.15) is 5.75 Å². The third-order valence-electron chi connectivity index (χ3n) is 6.12.